The van der Waals surface area contributed by atoms with Crippen molar-refractivity contribution in [3.05, 3.63) is 35.9 Å². The third kappa shape index (κ3) is 5.87. The Morgan fingerprint density at radius 2 is 1.89 bits per heavy atom. The smallest absolute Gasteiger partial charge is 0.328 e. The number of carboxylic acids is 1. The van der Waals surface area contributed by atoms with Gasteiger partial charge in [0, 0.05) is 6.54 Å². The molecule has 0 saturated carbocycles. The summed E-state index contributed by atoms with van der Waals surface area (Å²) in [6.45, 7) is -0.189. The van der Waals surface area contributed by atoms with E-state index in [1.807, 2.05) is 30.3 Å². The van der Waals surface area contributed by atoms with Gasteiger partial charge in [0.25, 0.3) is 0 Å². The predicted octanol–water partition coefficient (Wildman–Crippen LogP) is 0.364. The predicted molar refractivity (Wildman–Crippen MR) is 69.8 cm³/mol. The van der Waals surface area contributed by atoms with Crippen molar-refractivity contribution in [1.82, 2.24) is 10.6 Å². The molecule has 0 aromatic heterocycles. The summed E-state index contributed by atoms with van der Waals surface area (Å²) in [5, 5.41) is 22.1. The van der Waals surface area contributed by atoms with E-state index >= 15 is 0 Å². The number of rotatable bonds is 7. The number of amides is 2. The van der Waals surface area contributed by atoms with Crippen LogP contribution in [0.1, 0.15) is 12.0 Å². The fourth-order valence-electron chi connectivity index (χ4n) is 1.53. The highest BCUT2D eigenvalue weighted by Crippen LogP contribution is 2.01. The van der Waals surface area contributed by atoms with Crippen LogP contribution in [0.3, 0.4) is 0 Å². The number of hydrogen-bond acceptors (Lipinski definition) is 3. The van der Waals surface area contributed by atoms with Gasteiger partial charge in [0.2, 0.25) is 0 Å². The van der Waals surface area contributed by atoms with Crippen LogP contribution in [-0.4, -0.2) is 41.4 Å². The lowest BCUT2D eigenvalue weighted by Crippen LogP contribution is -2.48. The summed E-state index contributed by atoms with van der Waals surface area (Å²) in [5.74, 6) is -1.26. The van der Waals surface area contributed by atoms with Crippen molar-refractivity contribution < 1.29 is 19.8 Å². The van der Waals surface area contributed by atoms with E-state index in [0.29, 0.717) is 6.54 Å². The van der Waals surface area contributed by atoms with E-state index in [2.05, 4.69) is 10.6 Å². The molecule has 0 radical (unpaired) electrons. The first-order valence-corrected chi connectivity index (χ1v) is 6.05. The lowest BCUT2D eigenvalue weighted by Gasteiger charge is -2.12. The van der Waals surface area contributed by atoms with Crippen molar-refractivity contribution in [1.29, 1.82) is 0 Å². The van der Waals surface area contributed by atoms with Crippen LogP contribution in [0.15, 0.2) is 30.3 Å². The molecule has 19 heavy (non-hydrogen) atoms. The average molecular weight is 266 g/mol. The molecule has 0 aliphatic heterocycles. The average Bonchev–Trinajstić information content (AvgIpc) is 2.42. The fraction of sp³-hybridized carbons (Fsp3) is 0.385. The Morgan fingerprint density at radius 3 is 2.47 bits per heavy atom. The van der Waals surface area contributed by atoms with Crippen LogP contribution in [0.4, 0.5) is 4.79 Å². The molecule has 0 aliphatic rings. The molecule has 0 fully saturated rings. The number of urea groups is 1. The molecule has 104 valence electrons. The van der Waals surface area contributed by atoms with Crippen LogP contribution in [0.25, 0.3) is 0 Å². The monoisotopic (exact) mass is 266 g/mol. The summed E-state index contributed by atoms with van der Waals surface area (Å²) in [7, 11) is 0. The van der Waals surface area contributed by atoms with Gasteiger partial charge in [0.05, 0.1) is 6.61 Å². The first-order chi connectivity index (χ1) is 9.13. The number of benzene rings is 1. The van der Waals surface area contributed by atoms with Crippen molar-refractivity contribution in [2.24, 2.45) is 0 Å². The second kappa shape index (κ2) is 8.10. The number of carbonyl (C=O) groups is 2. The van der Waals surface area contributed by atoms with Crippen LogP contribution in [0, 0.1) is 0 Å². The molecule has 0 heterocycles. The third-order valence-electron chi connectivity index (χ3n) is 2.56. The van der Waals surface area contributed by atoms with E-state index in [-0.39, 0.29) is 0 Å². The van der Waals surface area contributed by atoms with Gasteiger partial charge < -0.3 is 20.8 Å². The van der Waals surface area contributed by atoms with Gasteiger partial charge in [-0.05, 0) is 18.4 Å². The maximum absolute atomic E-state index is 11.3. The van der Waals surface area contributed by atoms with E-state index < -0.39 is 24.6 Å². The Bertz CT molecular complexity index is 408. The minimum Gasteiger partial charge on any atom is -0.480 e. The summed E-state index contributed by atoms with van der Waals surface area (Å²) < 4.78 is 0. The molecular weight excluding hydrogens is 248 g/mol. The van der Waals surface area contributed by atoms with E-state index in [4.69, 9.17) is 10.2 Å². The van der Waals surface area contributed by atoms with Gasteiger partial charge in [-0.1, -0.05) is 30.3 Å². The van der Waals surface area contributed by atoms with Crippen molar-refractivity contribution in [3.8, 4) is 0 Å². The molecular formula is C13H18N2O4. The molecule has 6 heteroatoms. The number of nitrogens with one attached hydrogen (secondary N) is 2. The molecule has 1 atom stereocenters. The standard InChI is InChI=1S/C13H18N2O4/c16-9-11(12(17)18)15-13(19)14-8-4-7-10-5-2-1-3-6-10/h1-3,5-6,11,16H,4,7-9H2,(H,17,18)(H2,14,15,19). The Balaban J connectivity index is 2.19. The number of aliphatic hydroxyl groups excluding tert-OH is 1. The number of carbonyl (C=O) groups excluding carboxylic acids is 1. The number of hydrogen-bond donors (Lipinski definition) is 4. The maximum Gasteiger partial charge on any atom is 0.328 e. The molecule has 1 aromatic carbocycles. The van der Waals surface area contributed by atoms with Crippen LogP contribution >= 0.6 is 0 Å². The first-order valence-electron chi connectivity index (χ1n) is 6.05. The highest BCUT2D eigenvalue weighted by atomic mass is 16.4. The molecule has 1 unspecified atom stereocenters. The van der Waals surface area contributed by atoms with Gasteiger partial charge in [-0.2, -0.15) is 0 Å². The van der Waals surface area contributed by atoms with Gasteiger partial charge >= 0.3 is 12.0 Å². The summed E-state index contributed by atoms with van der Waals surface area (Å²) in [5.41, 5.74) is 1.18. The van der Waals surface area contributed by atoms with Crippen LogP contribution in [0.5, 0.6) is 0 Å². The van der Waals surface area contributed by atoms with Crippen molar-refractivity contribution in [2.75, 3.05) is 13.2 Å². The zero-order valence-electron chi connectivity index (χ0n) is 10.5. The Morgan fingerprint density at radius 1 is 1.21 bits per heavy atom. The summed E-state index contributed by atoms with van der Waals surface area (Å²) in [6, 6.07) is 8.00. The third-order valence-corrected chi connectivity index (χ3v) is 2.56. The van der Waals surface area contributed by atoms with Gasteiger partial charge in [-0.15, -0.1) is 0 Å². The zero-order valence-corrected chi connectivity index (χ0v) is 10.5. The molecule has 4 N–H and O–H groups in total. The summed E-state index contributed by atoms with van der Waals surface area (Å²) >= 11 is 0. The minimum absolute atomic E-state index is 0.443. The topological polar surface area (TPSA) is 98.7 Å². The maximum atomic E-state index is 11.3. The van der Waals surface area contributed by atoms with E-state index in [1.165, 1.54) is 5.56 Å². The van der Waals surface area contributed by atoms with Crippen LogP contribution < -0.4 is 10.6 Å². The highest BCUT2D eigenvalue weighted by Gasteiger charge is 2.17. The second-order valence-electron chi connectivity index (χ2n) is 4.06. The van der Waals surface area contributed by atoms with Crippen molar-refractivity contribution in [3.63, 3.8) is 0 Å². The van der Waals surface area contributed by atoms with Gasteiger partial charge in [-0.25, -0.2) is 9.59 Å². The number of aliphatic hydroxyl groups is 1. The normalized spacial score (nSPS) is 11.6. The van der Waals surface area contributed by atoms with Gasteiger partial charge in [0.1, 0.15) is 0 Å². The number of carboxylic acid groups (broad SMARTS) is 1. The minimum atomic E-state index is -1.27. The zero-order chi connectivity index (χ0) is 14.1. The second-order valence-corrected chi connectivity index (χ2v) is 4.06. The van der Waals surface area contributed by atoms with Crippen molar-refractivity contribution >= 4 is 12.0 Å². The lowest BCUT2D eigenvalue weighted by molar-refractivity contribution is -0.140. The van der Waals surface area contributed by atoms with Crippen LogP contribution in [0.2, 0.25) is 0 Å². The van der Waals surface area contributed by atoms with Crippen LogP contribution in [-0.2, 0) is 11.2 Å². The Kier molecular flexibility index (Phi) is 6.38. The molecule has 0 aliphatic carbocycles. The molecule has 1 rings (SSSR count). The van der Waals surface area contributed by atoms with Gasteiger partial charge in [0.15, 0.2) is 6.04 Å². The number of aryl methyl sites for hydroxylation is 1. The quantitative estimate of drug-likeness (QED) is 0.536. The van der Waals surface area contributed by atoms with E-state index in [0.717, 1.165) is 12.8 Å². The largest absolute Gasteiger partial charge is 0.480 e. The molecule has 6 nitrogen and oxygen atoms in total. The van der Waals surface area contributed by atoms with E-state index in [1.54, 1.807) is 0 Å². The Hall–Kier alpha value is -2.08. The summed E-state index contributed by atoms with van der Waals surface area (Å²) in [6.07, 6.45) is 1.60. The van der Waals surface area contributed by atoms with Crippen molar-refractivity contribution in [2.45, 2.75) is 18.9 Å². The lowest BCUT2D eigenvalue weighted by atomic mass is 10.1. The molecule has 0 spiro atoms. The molecule has 0 saturated heterocycles. The molecule has 1 aromatic rings. The Labute approximate surface area is 111 Å². The SMILES string of the molecule is O=C(NCCCc1ccccc1)NC(CO)C(=O)O. The molecule has 0 bridgehead atoms. The summed E-state index contributed by atoms with van der Waals surface area (Å²) in [4.78, 5) is 21.9. The highest BCUT2D eigenvalue weighted by molar-refractivity contribution is 5.82. The van der Waals surface area contributed by atoms with E-state index in [9.17, 15) is 9.59 Å². The van der Waals surface area contributed by atoms with Gasteiger partial charge in [-0.3, -0.25) is 0 Å². The fourth-order valence-corrected chi connectivity index (χ4v) is 1.53. The molecule has 2 amide bonds. The first kappa shape index (κ1) is 15.0. The number of aliphatic carboxylic acids is 1.